The Bertz CT molecular complexity index is 556. The Kier molecular flexibility index (Phi) is 6.15. The smallest absolute Gasteiger partial charge is 0.235 e. The van der Waals surface area contributed by atoms with Crippen LogP contribution in [0.3, 0.4) is 0 Å². The highest BCUT2D eigenvalue weighted by Gasteiger charge is 2.28. The first-order valence-corrected chi connectivity index (χ1v) is 10.2. The van der Waals surface area contributed by atoms with Crippen molar-refractivity contribution in [1.29, 1.82) is 0 Å². The predicted octanol–water partition coefficient (Wildman–Crippen LogP) is 3.05. The van der Waals surface area contributed by atoms with Gasteiger partial charge in [-0.05, 0) is 32.6 Å². The van der Waals surface area contributed by atoms with Gasteiger partial charge in [0.2, 0.25) is 5.91 Å². The molecule has 0 radical (unpaired) electrons. The van der Waals surface area contributed by atoms with Crippen LogP contribution < -0.4 is 0 Å². The largest absolute Gasteiger partial charge is 0.342 e. The average Bonchev–Trinajstić information content (AvgIpc) is 2.76. The lowest BCUT2D eigenvalue weighted by Gasteiger charge is -2.36. The maximum Gasteiger partial charge on any atom is 0.235 e. The van der Waals surface area contributed by atoms with Crippen molar-refractivity contribution in [2.75, 3.05) is 12.8 Å². The number of carbonyl (C=O) groups excluding carboxylic acids is 1. The van der Waals surface area contributed by atoms with E-state index in [4.69, 9.17) is 0 Å². The van der Waals surface area contributed by atoms with Gasteiger partial charge >= 0.3 is 0 Å². The molecular formula is C16H26N2O2S2. The first kappa shape index (κ1) is 17.6. The molecule has 2 rings (SSSR count). The Hall–Kier alpha value is -0.750. The lowest BCUT2D eigenvalue weighted by atomic mass is 9.85. The van der Waals surface area contributed by atoms with Crippen LogP contribution in [0.15, 0.2) is 0 Å². The molecule has 1 amide bonds. The second-order valence-electron chi connectivity index (χ2n) is 6.30. The van der Waals surface area contributed by atoms with Crippen molar-refractivity contribution < 1.29 is 9.00 Å². The van der Waals surface area contributed by atoms with Gasteiger partial charge in [0, 0.05) is 28.8 Å². The van der Waals surface area contributed by atoms with Gasteiger partial charge in [0.25, 0.3) is 0 Å². The van der Waals surface area contributed by atoms with Crippen LogP contribution in [0.5, 0.6) is 0 Å². The average molecular weight is 343 g/mol. The second-order valence-corrected chi connectivity index (χ2v) is 9.05. The van der Waals surface area contributed by atoms with Gasteiger partial charge in [-0.2, -0.15) is 0 Å². The monoisotopic (exact) mass is 342 g/mol. The molecule has 0 aliphatic heterocycles. The Morgan fingerprint density at radius 1 is 1.36 bits per heavy atom. The topological polar surface area (TPSA) is 50.3 Å². The highest BCUT2D eigenvalue weighted by Crippen LogP contribution is 2.27. The number of aromatic nitrogens is 1. The van der Waals surface area contributed by atoms with E-state index in [1.54, 1.807) is 11.3 Å². The van der Waals surface area contributed by atoms with E-state index in [1.807, 2.05) is 25.8 Å². The standard InChI is InChI=1S/C16H26N2O2S2/c1-11-7-5-6-8-14(11)18(4)16(19)10-22(20)9-15-12(2)17-13(3)21-15/h11,14H,5-10H2,1-4H3/t11-,14+,22+/m0/s1. The number of amides is 1. The second kappa shape index (κ2) is 7.68. The molecule has 1 heterocycles. The number of aryl methyl sites for hydroxylation is 2. The zero-order valence-corrected chi connectivity index (χ0v) is 15.6. The van der Waals surface area contributed by atoms with Gasteiger partial charge < -0.3 is 4.90 Å². The molecule has 1 aliphatic carbocycles. The lowest BCUT2D eigenvalue weighted by molar-refractivity contribution is -0.130. The first-order valence-electron chi connectivity index (χ1n) is 7.92. The maximum atomic E-state index is 12.4. The Labute approximate surface area is 139 Å². The summed E-state index contributed by atoms with van der Waals surface area (Å²) in [5.41, 5.74) is 0.942. The number of carbonyl (C=O) groups is 1. The van der Waals surface area contributed by atoms with E-state index in [-0.39, 0.29) is 11.7 Å². The summed E-state index contributed by atoms with van der Waals surface area (Å²) in [5.74, 6) is 1.12. The summed E-state index contributed by atoms with van der Waals surface area (Å²) >= 11 is 1.58. The van der Waals surface area contributed by atoms with Gasteiger partial charge in [-0.15, -0.1) is 11.3 Å². The van der Waals surface area contributed by atoms with Crippen molar-refractivity contribution in [2.24, 2.45) is 5.92 Å². The number of hydrogen-bond donors (Lipinski definition) is 0. The molecule has 3 atom stereocenters. The summed E-state index contributed by atoms with van der Waals surface area (Å²) in [6.07, 6.45) is 4.71. The Morgan fingerprint density at radius 3 is 2.64 bits per heavy atom. The number of nitrogens with zero attached hydrogens (tertiary/aromatic N) is 2. The molecule has 22 heavy (non-hydrogen) atoms. The predicted molar refractivity (Wildman–Crippen MR) is 92.5 cm³/mol. The molecule has 0 bridgehead atoms. The van der Waals surface area contributed by atoms with Crippen molar-refractivity contribution in [3.63, 3.8) is 0 Å². The van der Waals surface area contributed by atoms with Gasteiger partial charge in [0.05, 0.1) is 16.5 Å². The van der Waals surface area contributed by atoms with Crippen molar-refractivity contribution in [3.05, 3.63) is 15.6 Å². The van der Waals surface area contributed by atoms with Crippen LogP contribution in [0.2, 0.25) is 0 Å². The zero-order valence-electron chi connectivity index (χ0n) is 13.9. The van der Waals surface area contributed by atoms with Gasteiger partial charge in [0.1, 0.15) is 5.75 Å². The van der Waals surface area contributed by atoms with Crippen LogP contribution in [0.4, 0.5) is 0 Å². The SMILES string of the molecule is Cc1nc(C)c(C[S@@](=O)CC(=O)N(C)[C@@H]2CCCC[C@@H]2C)s1. The lowest BCUT2D eigenvalue weighted by Crippen LogP contribution is -2.44. The summed E-state index contributed by atoms with van der Waals surface area (Å²) < 4.78 is 12.3. The Morgan fingerprint density at radius 2 is 2.05 bits per heavy atom. The van der Waals surface area contributed by atoms with Crippen LogP contribution in [-0.4, -0.2) is 38.8 Å². The molecule has 1 fully saturated rings. The summed E-state index contributed by atoms with van der Waals surface area (Å²) in [6, 6.07) is 0.311. The molecule has 4 nitrogen and oxygen atoms in total. The van der Waals surface area contributed by atoms with Crippen LogP contribution in [0.1, 0.15) is 48.2 Å². The number of rotatable bonds is 5. The summed E-state index contributed by atoms with van der Waals surface area (Å²) in [5, 5.41) is 0.990. The summed E-state index contributed by atoms with van der Waals surface area (Å²) in [6.45, 7) is 6.11. The molecule has 1 aliphatic rings. The van der Waals surface area contributed by atoms with Gasteiger partial charge in [-0.25, -0.2) is 4.98 Å². The van der Waals surface area contributed by atoms with Crippen LogP contribution >= 0.6 is 11.3 Å². The minimum absolute atomic E-state index is 0.0102. The first-order chi connectivity index (χ1) is 10.4. The van der Waals surface area contributed by atoms with Crippen molar-refractivity contribution in [2.45, 2.75) is 58.2 Å². The molecule has 0 aromatic carbocycles. The van der Waals surface area contributed by atoms with Crippen LogP contribution in [0, 0.1) is 19.8 Å². The third-order valence-electron chi connectivity index (χ3n) is 4.53. The van der Waals surface area contributed by atoms with E-state index >= 15 is 0 Å². The van der Waals surface area contributed by atoms with E-state index in [0.717, 1.165) is 22.0 Å². The molecule has 124 valence electrons. The normalized spacial score (nSPS) is 23.3. The van der Waals surface area contributed by atoms with E-state index in [0.29, 0.717) is 17.7 Å². The summed E-state index contributed by atoms with van der Waals surface area (Å²) in [7, 11) is 0.714. The minimum Gasteiger partial charge on any atom is -0.342 e. The molecule has 1 aromatic heterocycles. The van der Waals surface area contributed by atoms with E-state index in [2.05, 4.69) is 11.9 Å². The van der Waals surface area contributed by atoms with Crippen LogP contribution in [-0.2, 0) is 21.3 Å². The third-order valence-corrected chi connectivity index (χ3v) is 6.97. The fourth-order valence-corrected chi connectivity index (χ4v) is 5.65. The molecule has 1 saturated carbocycles. The minimum atomic E-state index is -1.16. The quantitative estimate of drug-likeness (QED) is 0.826. The van der Waals surface area contributed by atoms with E-state index < -0.39 is 10.8 Å². The van der Waals surface area contributed by atoms with Gasteiger partial charge in [-0.1, -0.05) is 19.8 Å². The third kappa shape index (κ3) is 4.38. The van der Waals surface area contributed by atoms with E-state index in [1.165, 1.54) is 19.3 Å². The molecule has 0 spiro atoms. The molecule has 1 aromatic rings. The van der Waals surface area contributed by atoms with Crippen LogP contribution in [0.25, 0.3) is 0 Å². The Balaban J connectivity index is 1.90. The van der Waals surface area contributed by atoms with E-state index in [9.17, 15) is 9.00 Å². The fraction of sp³-hybridized carbons (Fsp3) is 0.750. The number of hydrogen-bond acceptors (Lipinski definition) is 4. The molecule has 0 N–H and O–H groups in total. The van der Waals surface area contributed by atoms with Crippen molar-refractivity contribution in [3.8, 4) is 0 Å². The molecule has 6 heteroatoms. The highest BCUT2D eigenvalue weighted by molar-refractivity contribution is 7.85. The van der Waals surface area contributed by atoms with Crippen molar-refractivity contribution in [1.82, 2.24) is 9.88 Å². The number of thiazole rings is 1. The molecule has 0 saturated heterocycles. The fourth-order valence-electron chi connectivity index (χ4n) is 3.20. The van der Waals surface area contributed by atoms with Crippen molar-refractivity contribution >= 4 is 28.0 Å². The maximum absolute atomic E-state index is 12.4. The molecular weight excluding hydrogens is 316 g/mol. The van der Waals surface area contributed by atoms with Gasteiger partial charge in [-0.3, -0.25) is 9.00 Å². The zero-order chi connectivity index (χ0) is 16.3. The molecule has 0 unspecified atom stereocenters. The van der Waals surface area contributed by atoms with Gasteiger partial charge in [0.15, 0.2) is 0 Å². The summed E-state index contributed by atoms with van der Waals surface area (Å²) in [4.78, 5) is 19.6. The highest BCUT2D eigenvalue weighted by atomic mass is 32.2.